The Morgan fingerprint density at radius 1 is 1.50 bits per heavy atom. The number of rotatable bonds is 2. The van der Waals surface area contributed by atoms with Crippen LogP contribution in [0.5, 0.6) is 5.75 Å². The number of nitrogens with zero attached hydrogens (tertiary/aromatic N) is 1. The van der Waals surface area contributed by atoms with Gasteiger partial charge in [-0.25, -0.2) is 0 Å². The summed E-state index contributed by atoms with van der Waals surface area (Å²) in [5.74, 6) is 0.247. The smallest absolute Gasteiger partial charge is 0.142 e. The Morgan fingerprint density at radius 2 is 2.36 bits per heavy atom. The molecule has 2 rings (SSSR count). The van der Waals surface area contributed by atoms with Gasteiger partial charge in [0.15, 0.2) is 0 Å². The van der Waals surface area contributed by atoms with Crippen molar-refractivity contribution in [3.05, 3.63) is 35.3 Å². The molecule has 0 aliphatic carbocycles. The van der Waals surface area contributed by atoms with Crippen LogP contribution in [-0.4, -0.2) is 10.1 Å². The maximum Gasteiger partial charge on any atom is 0.142 e. The van der Waals surface area contributed by atoms with E-state index in [9.17, 15) is 5.11 Å². The second-order valence-electron chi connectivity index (χ2n) is 3.04. The van der Waals surface area contributed by atoms with Gasteiger partial charge in [-0.05, 0) is 35.6 Å². The summed E-state index contributed by atoms with van der Waals surface area (Å²) in [4.78, 5) is 5.18. The normalized spacial score (nSPS) is 10.4. The van der Waals surface area contributed by atoms with Crippen LogP contribution < -0.4 is 0 Å². The number of aryl methyl sites for hydroxylation is 1. The first-order valence-corrected chi connectivity index (χ1v) is 5.41. The maximum absolute atomic E-state index is 9.59. The zero-order valence-electron chi connectivity index (χ0n) is 7.90. The van der Waals surface area contributed by atoms with Crippen LogP contribution in [0.25, 0.3) is 10.6 Å². The van der Waals surface area contributed by atoms with Crippen LogP contribution >= 0.6 is 11.3 Å². The number of hydrogen-bond acceptors (Lipinski definition) is 3. The van der Waals surface area contributed by atoms with Gasteiger partial charge in [-0.2, -0.15) is 0 Å². The third-order valence-corrected chi connectivity index (χ3v) is 3.07. The monoisotopic (exact) mass is 205 g/mol. The van der Waals surface area contributed by atoms with E-state index >= 15 is 0 Å². The predicted octanol–water partition coefficient (Wildman–Crippen LogP) is 3.08. The SMILES string of the molecule is CCc1csc(-c2ncccc2O)c1. The summed E-state index contributed by atoms with van der Waals surface area (Å²) >= 11 is 1.62. The third-order valence-electron chi connectivity index (χ3n) is 2.08. The lowest BCUT2D eigenvalue weighted by atomic mass is 10.2. The summed E-state index contributed by atoms with van der Waals surface area (Å²) in [6.45, 7) is 2.12. The molecule has 3 heteroatoms. The van der Waals surface area contributed by atoms with E-state index in [1.165, 1.54) is 5.56 Å². The fourth-order valence-electron chi connectivity index (χ4n) is 1.27. The van der Waals surface area contributed by atoms with Gasteiger partial charge in [0, 0.05) is 6.20 Å². The highest BCUT2D eigenvalue weighted by atomic mass is 32.1. The highest BCUT2D eigenvalue weighted by molar-refractivity contribution is 7.13. The lowest BCUT2D eigenvalue weighted by molar-refractivity contribution is 0.475. The van der Waals surface area contributed by atoms with E-state index in [4.69, 9.17) is 0 Å². The van der Waals surface area contributed by atoms with Crippen LogP contribution in [0.15, 0.2) is 29.8 Å². The highest BCUT2D eigenvalue weighted by Crippen LogP contribution is 2.31. The zero-order valence-corrected chi connectivity index (χ0v) is 8.71. The van der Waals surface area contributed by atoms with Gasteiger partial charge < -0.3 is 5.11 Å². The van der Waals surface area contributed by atoms with Gasteiger partial charge in [-0.1, -0.05) is 6.92 Å². The van der Waals surface area contributed by atoms with Crippen molar-refractivity contribution in [2.45, 2.75) is 13.3 Å². The lowest BCUT2D eigenvalue weighted by Crippen LogP contribution is -1.79. The molecule has 2 nitrogen and oxygen atoms in total. The minimum atomic E-state index is 0.247. The van der Waals surface area contributed by atoms with E-state index in [2.05, 4.69) is 23.4 Å². The van der Waals surface area contributed by atoms with Gasteiger partial charge in [0.25, 0.3) is 0 Å². The van der Waals surface area contributed by atoms with Gasteiger partial charge in [0.1, 0.15) is 11.4 Å². The number of pyridine rings is 1. The van der Waals surface area contributed by atoms with Crippen LogP contribution in [0.4, 0.5) is 0 Å². The number of aromatic hydroxyl groups is 1. The molecular formula is C11H11NOS. The molecular weight excluding hydrogens is 194 g/mol. The average molecular weight is 205 g/mol. The van der Waals surface area contributed by atoms with Crippen molar-refractivity contribution in [1.82, 2.24) is 4.98 Å². The molecule has 72 valence electrons. The number of aromatic nitrogens is 1. The molecule has 0 fully saturated rings. The summed E-state index contributed by atoms with van der Waals surface area (Å²) < 4.78 is 0. The molecule has 2 aromatic heterocycles. The van der Waals surface area contributed by atoms with Crippen molar-refractivity contribution < 1.29 is 5.11 Å². The molecule has 0 amide bonds. The van der Waals surface area contributed by atoms with E-state index in [0.29, 0.717) is 5.69 Å². The maximum atomic E-state index is 9.59. The molecule has 0 unspecified atom stereocenters. The molecule has 0 aliphatic heterocycles. The Bertz CT molecular complexity index is 436. The van der Waals surface area contributed by atoms with Crippen molar-refractivity contribution in [2.75, 3.05) is 0 Å². The highest BCUT2D eigenvalue weighted by Gasteiger charge is 2.06. The number of hydrogen-bond donors (Lipinski definition) is 1. The van der Waals surface area contributed by atoms with Crippen molar-refractivity contribution >= 4 is 11.3 Å². The molecule has 2 heterocycles. The summed E-state index contributed by atoms with van der Waals surface area (Å²) in [6.07, 6.45) is 2.71. The van der Waals surface area contributed by atoms with Crippen molar-refractivity contribution in [3.8, 4) is 16.3 Å². The first-order chi connectivity index (χ1) is 6.81. The topological polar surface area (TPSA) is 33.1 Å². The molecule has 0 saturated carbocycles. The van der Waals surface area contributed by atoms with Gasteiger partial charge in [-0.15, -0.1) is 11.3 Å². The quantitative estimate of drug-likeness (QED) is 0.817. The van der Waals surface area contributed by atoms with E-state index in [1.54, 1.807) is 29.7 Å². The van der Waals surface area contributed by atoms with Crippen LogP contribution in [-0.2, 0) is 6.42 Å². The second-order valence-corrected chi connectivity index (χ2v) is 3.96. The fraction of sp³-hybridized carbons (Fsp3) is 0.182. The van der Waals surface area contributed by atoms with Gasteiger partial charge in [0.2, 0.25) is 0 Å². The summed E-state index contributed by atoms with van der Waals surface area (Å²) in [6, 6.07) is 5.47. The Balaban J connectivity index is 2.44. The Kier molecular flexibility index (Phi) is 2.50. The molecule has 2 aromatic rings. The van der Waals surface area contributed by atoms with Crippen molar-refractivity contribution in [1.29, 1.82) is 0 Å². The molecule has 0 bridgehead atoms. The van der Waals surface area contributed by atoms with Gasteiger partial charge >= 0.3 is 0 Å². The van der Waals surface area contributed by atoms with Crippen LogP contribution in [0.1, 0.15) is 12.5 Å². The fourth-order valence-corrected chi connectivity index (χ4v) is 2.27. The number of thiophene rings is 1. The second kappa shape index (κ2) is 3.80. The molecule has 0 aliphatic rings. The third kappa shape index (κ3) is 1.63. The Hall–Kier alpha value is -1.35. The minimum Gasteiger partial charge on any atom is -0.506 e. The first kappa shape index (κ1) is 9.21. The average Bonchev–Trinajstić information content (AvgIpc) is 2.67. The van der Waals surface area contributed by atoms with Crippen LogP contribution in [0.3, 0.4) is 0 Å². The first-order valence-electron chi connectivity index (χ1n) is 4.53. The van der Waals surface area contributed by atoms with Crippen molar-refractivity contribution in [2.24, 2.45) is 0 Å². The van der Waals surface area contributed by atoms with Gasteiger partial charge in [-0.3, -0.25) is 4.98 Å². The standard InChI is InChI=1S/C11H11NOS/c1-2-8-6-10(14-7-8)11-9(13)4-3-5-12-11/h3-7,13H,2H2,1H3. The zero-order chi connectivity index (χ0) is 9.97. The predicted molar refractivity (Wildman–Crippen MR) is 58.6 cm³/mol. The van der Waals surface area contributed by atoms with Crippen LogP contribution in [0.2, 0.25) is 0 Å². The molecule has 0 spiro atoms. The van der Waals surface area contributed by atoms with Crippen LogP contribution in [0, 0.1) is 0 Å². The Morgan fingerprint density at radius 3 is 3.00 bits per heavy atom. The molecule has 14 heavy (non-hydrogen) atoms. The minimum absolute atomic E-state index is 0.247. The molecule has 1 N–H and O–H groups in total. The summed E-state index contributed by atoms with van der Waals surface area (Å²) in [5.41, 5.74) is 1.97. The van der Waals surface area contributed by atoms with Crippen molar-refractivity contribution in [3.63, 3.8) is 0 Å². The largest absolute Gasteiger partial charge is 0.506 e. The summed E-state index contributed by atoms with van der Waals surface area (Å²) in [7, 11) is 0. The van der Waals surface area contributed by atoms with E-state index < -0.39 is 0 Å². The van der Waals surface area contributed by atoms with E-state index in [0.717, 1.165) is 11.3 Å². The van der Waals surface area contributed by atoms with Gasteiger partial charge in [0.05, 0.1) is 4.88 Å². The molecule has 0 aromatic carbocycles. The Labute approximate surface area is 86.9 Å². The van der Waals surface area contributed by atoms with E-state index in [-0.39, 0.29) is 5.75 Å². The molecule has 0 atom stereocenters. The summed E-state index contributed by atoms with van der Waals surface area (Å²) in [5, 5.41) is 11.7. The lowest BCUT2D eigenvalue weighted by Gasteiger charge is -1.98. The van der Waals surface area contributed by atoms with E-state index in [1.807, 2.05) is 0 Å². The molecule has 0 saturated heterocycles. The molecule has 0 radical (unpaired) electrons.